The minimum atomic E-state index is -0.263. The Labute approximate surface area is 216 Å². The van der Waals surface area contributed by atoms with E-state index in [-0.39, 0.29) is 6.04 Å². The summed E-state index contributed by atoms with van der Waals surface area (Å²) in [5.74, 6) is 1.82. The molecule has 0 fully saturated rings. The lowest BCUT2D eigenvalue weighted by Crippen LogP contribution is -2.46. The Morgan fingerprint density at radius 1 is 0.917 bits per heavy atom. The van der Waals surface area contributed by atoms with Gasteiger partial charge in [-0.25, -0.2) is 0 Å². The number of nitrogens with one attached hydrogen (secondary N) is 1. The lowest BCUT2D eigenvalue weighted by Gasteiger charge is -2.37. The van der Waals surface area contributed by atoms with Gasteiger partial charge in [-0.3, -0.25) is 4.90 Å². The molecule has 0 saturated heterocycles. The number of benzene rings is 3. The second-order valence-electron chi connectivity index (χ2n) is 8.84. The van der Waals surface area contributed by atoms with Gasteiger partial charge in [0.2, 0.25) is 5.82 Å². The first kappa shape index (κ1) is 23.8. The first-order chi connectivity index (χ1) is 17.4. The first-order valence-corrected chi connectivity index (χ1v) is 12.4. The third kappa shape index (κ3) is 4.62. The maximum Gasteiger partial charge on any atom is 0.258 e. The maximum atomic E-state index is 5.86. The van der Waals surface area contributed by atoms with E-state index < -0.39 is 0 Å². The highest BCUT2D eigenvalue weighted by Crippen LogP contribution is 2.39. The Hall–Kier alpha value is -3.97. The van der Waals surface area contributed by atoms with E-state index in [4.69, 9.17) is 26.5 Å². The molecule has 1 aromatic heterocycles. The van der Waals surface area contributed by atoms with E-state index in [1.165, 1.54) is 11.1 Å². The van der Waals surface area contributed by atoms with E-state index in [0.29, 0.717) is 23.4 Å². The molecule has 5 rings (SSSR count). The van der Waals surface area contributed by atoms with E-state index >= 15 is 0 Å². The van der Waals surface area contributed by atoms with Gasteiger partial charge >= 0.3 is 0 Å². The Balaban J connectivity index is 1.61. The largest absolute Gasteiger partial charge is 0.494 e. The first-order valence-electron chi connectivity index (χ1n) is 12.0. The molecule has 3 aromatic carbocycles. The minimum absolute atomic E-state index is 0.263. The Morgan fingerprint density at radius 3 is 2.19 bits per heavy atom. The van der Waals surface area contributed by atoms with E-state index in [2.05, 4.69) is 48.6 Å². The summed E-state index contributed by atoms with van der Waals surface area (Å²) in [6.45, 7) is 8.75. The molecule has 1 N–H and O–H groups in total. The van der Waals surface area contributed by atoms with Crippen LogP contribution in [0.4, 0.5) is 5.69 Å². The molecular formula is C29H28N4O2S. The Bertz CT molecular complexity index is 1410. The number of hydrogen-bond donors (Lipinski definition) is 1. The quantitative estimate of drug-likeness (QED) is 0.301. The Morgan fingerprint density at radius 2 is 1.56 bits per heavy atom. The smallest absolute Gasteiger partial charge is 0.258 e. The van der Waals surface area contributed by atoms with Gasteiger partial charge in [0.15, 0.2) is 5.11 Å². The number of aryl methyl sites for hydroxylation is 2. The van der Waals surface area contributed by atoms with Crippen molar-refractivity contribution < 1.29 is 9.26 Å². The van der Waals surface area contributed by atoms with Crippen LogP contribution in [0.1, 0.15) is 42.5 Å². The third-order valence-electron chi connectivity index (χ3n) is 6.27. The molecular weight excluding hydrogens is 468 g/mol. The third-order valence-corrected chi connectivity index (χ3v) is 6.57. The molecule has 1 unspecified atom stereocenters. The average molecular weight is 497 g/mol. The number of hydrogen-bond acceptors (Lipinski definition) is 5. The molecule has 2 heterocycles. The van der Waals surface area contributed by atoms with Crippen LogP contribution >= 0.6 is 12.2 Å². The number of thiocarbonyl (C=S) groups is 1. The number of anilines is 1. The van der Waals surface area contributed by atoms with Gasteiger partial charge in [0, 0.05) is 16.9 Å². The molecule has 1 aliphatic heterocycles. The second kappa shape index (κ2) is 9.95. The molecule has 6 nitrogen and oxygen atoms in total. The monoisotopic (exact) mass is 496 g/mol. The predicted molar refractivity (Wildman–Crippen MR) is 147 cm³/mol. The van der Waals surface area contributed by atoms with E-state index in [1.54, 1.807) is 0 Å². The van der Waals surface area contributed by atoms with Crippen LogP contribution in [0.2, 0.25) is 0 Å². The van der Waals surface area contributed by atoms with Crippen molar-refractivity contribution in [1.29, 1.82) is 0 Å². The minimum Gasteiger partial charge on any atom is -0.494 e. The molecule has 0 saturated carbocycles. The average Bonchev–Trinajstić information content (AvgIpc) is 3.36. The summed E-state index contributed by atoms with van der Waals surface area (Å²) in [6, 6.07) is 24.1. The SMILES string of the molecule is CCOc1ccc(C2NC(=S)N(c3ccc(C)cc3)C(C)=C2c2nc(-c3ccc(C)cc3)no2)cc1. The molecule has 0 bridgehead atoms. The highest BCUT2D eigenvalue weighted by Gasteiger charge is 2.34. The van der Waals surface area contributed by atoms with Crippen LogP contribution < -0.4 is 15.0 Å². The zero-order valence-electron chi connectivity index (χ0n) is 20.8. The highest BCUT2D eigenvalue weighted by molar-refractivity contribution is 7.80. The molecule has 7 heteroatoms. The van der Waals surface area contributed by atoms with Gasteiger partial charge in [0.05, 0.1) is 18.2 Å². The van der Waals surface area contributed by atoms with Gasteiger partial charge < -0.3 is 14.6 Å². The van der Waals surface area contributed by atoms with Crippen molar-refractivity contribution in [2.24, 2.45) is 0 Å². The second-order valence-corrected chi connectivity index (χ2v) is 9.23. The van der Waals surface area contributed by atoms with Gasteiger partial charge in [-0.2, -0.15) is 4.98 Å². The molecule has 36 heavy (non-hydrogen) atoms. The summed E-state index contributed by atoms with van der Waals surface area (Å²) >= 11 is 5.85. The topological polar surface area (TPSA) is 63.4 Å². The number of rotatable bonds is 6. The fourth-order valence-corrected chi connectivity index (χ4v) is 4.71. The molecule has 0 spiro atoms. The Kier molecular flexibility index (Phi) is 6.57. The summed E-state index contributed by atoms with van der Waals surface area (Å²) in [5, 5.41) is 8.42. The molecule has 4 aromatic rings. The summed E-state index contributed by atoms with van der Waals surface area (Å²) in [7, 11) is 0. The van der Waals surface area contributed by atoms with Crippen molar-refractivity contribution in [1.82, 2.24) is 15.5 Å². The number of ether oxygens (including phenoxy) is 1. The fraction of sp³-hybridized carbons (Fsp3) is 0.207. The standard InChI is InChI=1S/C29H28N4O2S/c1-5-34-24-16-12-21(13-17-24)26-25(28-31-27(32-35-28)22-10-6-18(2)7-11-22)20(4)33(29(36)30-26)23-14-8-19(3)9-15-23/h6-17,26H,5H2,1-4H3,(H,30,36). The van der Waals surface area contributed by atoms with Crippen LogP contribution in [0, 0.1) is 13.8 Å². The number of allylic oxidation sites excluding steroid dienone is 1. The van der Waals surface area contributed by atoms with Crippen LogP contribution in [-0.4, -0.2) is 21.9 Å². The van der Waals surface area contributed by atoms with Crippen LogP contribution in [0.25, 0.3) is 17.0 Å². The van der Waals surface area contributed by atoms with Gasteiger partial charge in [0.25, 0.3) is 5.89 Å². The van der Waals surface area contributed by atoms with Crippen LogP contribution in [0.3, 0.4) is 0 Å². The predicted octanol–water partition coefficient (Wildman–Crippen LogP) is 6.62. The summed E-state index contributed by atoms with van der Waals surface area (Å²) < 4.78 is 11.5. The lowest BCUT2D eigenvalue weighted by molar-refractivity contribution is 0.340. The lowest BCUT2D eigenvalue weighted by atomic mass is 9.94. The molecule has 1 aliphatic rings. The fourth-order valence-electron chi connectivity index (χ4n) is 4.35. The highest BCUT2D eigenvalue weighted by atomic mass is 32.1. The van der Waals surface area contributed by atoms with Crippen LogP contribution in [-0.2, 0) is 0 Å². The summed E-state index contributed by atoms with van der Waals surface area (Å²) in [6.07, 6.45) is 0. The van der Waals surface area contributed by atoms with Crippen molar-refractivity contribution in [3.63, 3.8) is 0 Å². The van der Waals surface area contributed by atoms with E-state index in [0.717, 1.165) is 33.8 Å². The molecule has 0 radical (unpaired) electrons. The molecule has 0 aliphatic carbocycles. The number of aromatic nitrogens is 2. The van der Waals surface area contributed by atoms with Gasteiger partial charge in [-0.05, 0) is 69.7 Å². The summed E-state index contributed by atoms with van der Waals surface area (Å²) in [4.78, 5) is 6.82. The zero-order valence-corrected chi connectivity index (χ0v) is 21.6. The van der Waals surface area contributed by atoms with E-state index in [9.17, 15) is 0 Å². The van der Waals surface area contributed by atoms with Crippen LogP contribution in [0.5, 0.6) is 5.75 Å². The maximum absolute atomic E-state index is 5.86. The van der Waals surface area contributed by atoms with E-state index in [1.807, 2.05) is 67.3 Å². The molecule has 182 valence electrons. The number of nitrogens with zero attached hydrogens (tertiary/aromatic N) is 3. The zero-order chi connectivity index (χ0) is 25.2. The van der Waals surface area contributed by atoms with Gasteiger partial charge in [-0.15, -0.1) is 0 Å². The van der Waals surface area contributed by atoms with Crippen molar-refractivity contribution in [2.75, 3.05) is 11.5 Å². The van der Waals surface area contributed by atoms with Crippen molar-refractivity contribution in [3.05, 3.63) is 101 Å². The molecule has 0 amide bonds. The van der Waals surface area contributed by atoms with Crippen molar-refractivity contribution in [2.45, 2.75) is 33.7 Å². The van der Waals surface area contributed by atoms with Crippen molar-refractivity contribution >= 4 is 28.6 Å². The van der Waals surface area contributed by atoms with Gasteiger partial charge in [0.1, 0.15) is 5.75 Å². The van der Waals surface area contributed by atoms with Crippen LogP contribution in [0.15, 0.2) is 83.0 Å². The molecule has 1 atom stereocenters. The van der Waals surface area contributed by atoms with Crippen molar-refractivity contribution in [3.8, 4) is 17.1 Å². The normalized spacial score (nSPS) is 15.7. The van der Waals surface area contributed by atoms with Gasteiger partial charge in [-0.1, -0.05) is 64.8 Å². The summed E-state index contributed by atoms with van der Waals surface area (Å²) in [5.41, 5.74) is 7.06.